The molecule has 0 saturated heterocycles. The van der Waals surface area contributed by atoms with E-state index >= 15 is 4.39 Å². The molecule has 3 aromatic heterocycles. The molecule has 0 aliphatic heterocycles. The summed E-state index contributed by atoms with van der Waals surface area (Å²) < 4.78 is 22.8. The molecule has 5 aromatic rings. The van der Waals surface area contributed by atoms with Crippen molar-refractivity contribution in [2.45, 2.75) is 13.8 Å². The molecule has 3 heterocycles. The van der Waals surface area contributed by atoms with Gasteiger partial charge in [-0.3, -0.25) is 4.79 Å². The zero-order valence-corrected chi connectivity index (χ0v) is 22.0. The molecule has 3 N–H and O–H groups in total. The number of nitrogens with one attached hydrogen (secondary N) is 1. The van der Waals surface area contributed by atoms with E-state index in [4.69, 9.17) is 10.5 Å². The lowest BCUT2D eigenvalue weighted by atomic mass is 9.97. The predicted octanol–water partition coefficient (Wildman–Crippen LogP) is 5.91. The number of nitriles is 1. The molecular weight excluding hydrogens is 509 g/mol. The number of aromatic nitrogens is 4. The summed E-state index contributed by atoms with van der Waals surface area (Å²) in [4.78, 5) is 24.5. The van der Waals surface area contributed by atoms with Gasteiger partial charge in [-0.25, -0.2) is 19.3 Å². The fourth-order valence-electron chi connectivity index (χ4n) is 4.47. The van der Waals surface area contributed by atoms with E-state index in [1.807, 2.05) is 16.7 Å². The highest BCUT2D eigenvalue weighted by atomic mass is 19.1. The molecule has 0 radical (unpaired) electrons. The number of amides is 1. The molecular formula is C30H24FN7O2. The Morgan fingerprint density at radius 3 is 2.52 bits per heavy atom. The Kier molecular flexibility index (Phi) is 6.71. The highest BCUT2D eigenvalue weighted by molar-refractivity contribution is 6.11. The van der Waals surface area contributed by atoms with Crippen LogP contribution in [-0.4, -0.2) is 25.4 Å². The number of pyridine rings is 1. The molecule has 2 aromatic carbocycles. The van der Waals surface area contributed by atoms with E-state index in [1.165, 1.54) is 24.5 Å². The van der Waals surface area contributed by atoms with E-state index in [9.17, 15) is 10.1 Å². The van der Waals surface area contributed by atoms with Gasteiger partial charge in [-0.05, 0) is 55.3 Å². The van der Waals surface area contributed by atoms with Crippen LogP contribution in [0.5, 0.6) is 11.8 Å². The topological polar surface area (TPSA) is 132 Å². The third kappa shape index (κ3) is 4.72. The number of rotatable bonds is 6. The molecule has 9 nitrogen and oxygen atoms in total. The van der Waals surface area contributed by atoms with Crippen molar-refractivity contribution in [3.05, 3.63) is 90.2 Å². The summed E-state index contributed by atoms with van der Waals surface area (Å²) in [6.45, 7) is 7.06. The molecule has 40 heavy (non-hydrogen) atoms. The molecule has 10 heteroatoms. The molecule has 0 aliphatic rings. The standard InChI is InChI=1S/C30H24FN7O2/c1-16(2)29(39)37-21-8-5-18(6-9-21)26-24(25-27(38(26)4)20(14-32)15-35-28(25)33)19-7-10-23(22(31)13-19)40-30-34-12-11-17(3)36-30/h5-13,15H,1H2,2-4H3,(H2,33,35)(H,37,39). The smallest absolute Gasteiger partial charge is 0.322 e. The molecule has 0 spiro atoms. The Labute approximate surface area is 229 Å². The van der Waals surface area contributed by atoms with E-state index in [1.54, 1.807) is 45.2 Å². The van der Waals surface area contributed by atoms with Crippen LogP contribution in [0.3, 0.4) is 0 Å². The van der Waals surface area contributed by atoms with Gasteiger partial charge in [0, 0.05) is 42.0 Å². The normalized spacial score (nSPS) is 10.8. The second-order valence-electron chi connectivity index (χ2n) is 9.21. The number of fused-ring (bicyclic) bond motifs is 1. The Bertz CT molecular complexity index is 1850. The van der Waals surface area contributed by atoms with Gasteiger partial charge in [0.1, 0.15) is 11.9 Å². The van der Waals surface area contributed by atoms with Gasteiger partial charge < -0.3 is 20.4 Å². The van der Waals surface area contributed by atoms with E-state index in [2.05, 4.69) is 32.9 Å². The molecule has 0 aliphatic carbocycles. The van der Waals surface area contributed by atoms with Crippen molar-refractivity contribution in [1.29, 1.82) is 5.26 Å². The van der Waals surface area contributed by atoms with Gasteiger partial charge in [-0.15, -0.1) is 0 Å². The largest absolute Gasteiger partial charge is 0.421 e. The van der Waals surface area contributed by atoms with Crippen LogP contribution in [0, 0.1) is 24.1 Å². The minimum atomic E-state index is -0.633. The highest BCUT2D eigenvalue weighted by Gasteiger charge is 2.24. The number of nitrogens with zero attached hydrogens (tertiary/aromatic N) is 5. The first-order valence-corrected chi connectivity index (χ1v) is 12.2. The lowest BCUT2D eigenvalue weighted by molar-refractivity contribution is -0.112. The minimum Gasteiger partial charge on any atom is -0.421 e. The quantitative estimate of drug-likeness (QED) is 0.260. The summed E-state index contributed by atoms with van der Waals surface area (Å²) in [7, 11) is 1.81. The molecule has 198 valence electrons. The third-order valence-electron chi connectivity index (χ3n) is 6.36. The van der Waals surface area contributed by atoms with Crippen molar-refractivity contribution in [2.24, 2.45) is 7.05 Å². The number of nitrogen functional groups attached to an aromatic ring is 1. The van der Waals surface area contributed by atoms with Gasteiger partial charge in [-0.2, -0.15) is 5.26 Å². The van der Waals surface area contributed by atoms with Crippen LogP contribution in [-0.2, 0) is 11.8 Å². The fraction of sp³-hybridized carbons (Fsp3) is 0.100. The van der Waals surface area contributed by atoms with E-state index in [-0.39, 0.29) is 23.5 Å². The van der Waals surface area contributed by atoms with Crippen LogP contribution in [0.25, 0.3) is 33.3 Å². The average Bonchev–Trinajstić information content (AvgIpc) is 3.24. The number of benzene rings is 2. The monoisotopic (exact) mass is 533 g/mol. The fourth-order valence-corrected chi connectivity index (χ4v) is 4.47. The first-order chi connectivity index (χ1) is 19.2. The number of halogens is 1. The lowest BCUT2D eigenvalue weighted by Gasteiger charge is -2.12. The van der Waals surface area contributed by atoms with E-state index in [0.717, 1.165) is 5.56 Å². The van der Waals surface area contributed by atoms with Crippen LogP contribution in [0.15, 0.2) is 73.1 Å². The average molecular weight is 534 g/mol. The zero-order chi connectivity index (χ0) is 28.6. The lowest BCUT2D eigenvalue weighted by Crippen LogP contribution is -2.11. The number of ether oxygens (including phenoxy) is 1. The molecule has 0 fully saturated rings. The van der Waals surface area contributed by atoms with Gasteiger partial charge >= 0.3 is 6.01 Å². The van der Waals surface area contributed by atoms with Crippen LogP contribution in [0.1, 0.15) is 18.2 Å². The van der Waals surface area contributed by atoms with Crippen LogP contribution < -0.4 is 15.8 Å². The Morgan fingerprint density at radius 2 is 1.88 bits per heavy atom. The number of anilines is 2. The van der Waals surface area contributed by atoms with Gasteiger partial charge in [0.15, 0.2) is 11.6 Å². The summed E-state index contributed by atoms with van der Waals surface area (Å²) in [6, 6.07) is 15.6. The van der Waals surface area contributed by atoms with Gasteiger partial charge in [0.05, 0.1) is 22.2 Å². The second kappa shape index (κ2) is 10.3. The number of hydrogen-bond donors (Lipinski definition) is 2. The van der Waals surface area contributed by atoms with Crippen molar-refractivity contribution in [3.8, 4) is 40.2 Å². The van der Waals surface area contributed by atoms with Crippen LogP contribution in [0.2, 0.25) is 0 Å². The maximum atomic E-state index is 15.4. The number of hydrogen-bond acceptors (Lipinski definition) is 7. The Balaban J connectivity index is 1.67. The Hall–Kier alpha value is -5.56. The SMILES string of the molecule is C=C(C)C(=O)Nc1ccc(-c2c(-c3ccc(Oc4nccc(C)n4)c(F)c3)c3c(N)ncc(C#N)c3n2C)cc1. The summed E-state index contributed by atoms with van der Waals surface area (Å²) in [5.41, 5.74) is 11.4. The second-order valence-corrected chi connectivity index (χ2v) is 9.21. The van der Waals surface area contributed by atoms with Crippen molar-refractivity contribution in [2.75, 3.05) is 11.1 Å². The summed E-state index contributed by atoms with van der Waals surface area (Å²) in [6.07, 6.45) is 2.95. The van der Waals surface area contributed by atoms with E-state index < -0.39 is 5.82 Å². The zero-order valence-electron chi connectivity index (χ0n) is 22.0. The first kappa shape index (κ1) is 26.1. The first-order valence-electron chi connectivity index (χ1n) is 12.2. The molecule has 0 bridgehead atoms. The summed E-state index contributed by atoms with van der Waals surface area (Å²) in [5.74, 6) is -0.765. The number of carbonyl (C=O) groups excluding carboxylic acids is 1. The highest BCUT2D eigenvalue weighted by Crippen LogP contribution is 2.44. The minimum absolute atomic E-state index is 0.0310. The van der Waals surface area contributed by atoms with Crippen LogP contribution >= 0.6 is 0 Å². The predicted molar refractivity (Wildman–Crippen MR) is 151 cm³/mol. The van der Waals surface area contributed by atoms with Gasteiger partial charge in [-0.1, -0.05) is 24.8 Å². The summed E-state index contributed by atoms with van der Waals surface area (Å²) >= 11 is 0. The molecule has 1 amide bonds. The maximum absolute atomic E-state index is 15.4. The van der Waals surface area contributed by atoms with Crippen molar-refractivity contribution in [3.63, 3.8) is 0 Å². The van der Waals surface area contributed by atoms with Gasteiger partial charge in [0.25, 0.3) is 5.91 Å². The maximum Gasteiger partial charge on any atom is 0.322 e. The summed E-state index contributed by atoms with van der Waals surface area (Å²) in [5, 5.41) is 13.1. The van der Waals surface area contributed by atoms with Crippen molar-refractivity contribution < 1.29 is 13.9 Å². The molecule has 5 rings (SSSR count). The Morgan fingerprint density at radius 1 is 1.15 bits per heavy atom. The van der Waals surface area contributed by atoms with Crippen LogP contribution in [0.4, 0.5) is 15.9 Å². The van der Waals surface area contributed by atoms with Gasteiger partial charge in [0.2, 0.25) is 0 Å². The number of carbonyl (C=O) groups is 1. The molecule has 0 saturated carbocycles. The number of nitrogens with two attached hydrogens (primary N) is 1. The van der Waals surface area contributed by atoms with Crippen molar-refractivity contribution in [1.82, 2.24) is 19.5 Å². The molecule has 0 atom stereocenters. The molecule has 0 unspecified atom stereocenters. The number of aryl methyl sites for hydroxylation is 2. The van der Waals surface area contributed by atoms with Crippen molar-refractivity contribution >= 4 is 28.3 Å². The third-order valence-corrected chi connectivity index (χ3v) is 6.36. The van der Waals surface area contributed by atoms with E-state index in [0.29, 0.717) is 50.2 Å².